The van der Waals surface area contributed by atoms with E-state index in [1.165, 1.54) is 35.1 Å². The second-order valence-corrected chi connectivity index (χ2v) is 4.21. The predicted octanol–water partition coefficient (Wildman–Crippen LogP) is 4.76. The molecule has 0 N–H and O–H groups in total. The van der Waals surface area contributed by atoms with Crippen molar-refractivity contribution in [3.8, 4) is 0 Å². The fourth-order valence-electron chi connectivity index (χ4n) is 1.79. The van der Waals surface area contributed by atoms with Gasteiger partial charge in [0, 0.05) is 0 Å². The summed E-state index contributed by atoms with van der Waals surface area (Å²) in [5.74, 6) is 0. The maximum Gasteiger partial charge on any atom is -0.0198 e. The van der Waals surface area contributed by atoms with Gasteiger partial charge in [-0.1, -0.05) is 45.0 Å². The summed E-state index contributed by atoms with van der Waals surface area (Å²) < 4.78 is 0. The van der Waals surface area contributed by atoms with Crippen molar-refractivity contribution in [1.82, 2.24) is 0 Å². The largest absolute Gasteiger partial charge is 0.0952 e. The molecular weight excluding hydrogens is 180 g/mol. The first-order valence-electron chi connectivity index (χ1n) is 5.96. The Balaban J connectivity index is 2.86. The van der Waals surface area contributed by atoms with Crippen LogP contribution in [0.5, 0.6) is 0 Å². The highest BCUT2D eigenvalue weighted by atomic mass is 14.1. The summed E-state index contributed by atoms with van der Waals surface area (Å²) >= 11 is 0. The second kappa shape index (κ2) is 5.75. The monoisotopic (exact) mass is 202 g/mol. The van der Waals surface area contributed by atoms with Gasteiger partial charge >= 0.3 is 0 Å². The third kappa shape index (κ3) is 3.23. The zero-order valence-corrected chi connectivity index (χ0v) is 10.3. The minimum atomic E-state index is 1.11. The quantitative estimate of drug-likeness (QED) is 0.645. The maximum absolute atomic E-state index is 4.20. The van der Waals surface area contributed by atoms with Gasteiger partial charge in [-0.25, -0.2) is 0 Å². The van der Waals surface area contributed by atoms with Gasteiger partial charge in [-0.2, -0.15) is 0 Å². The molecule has 0 heterocycles. The van der Waals surface area contributed by atoms with Crippen LogP contribution in [0, 0.1) is 6.92 Å². The summed E-state index contributed by atoms with van der Waals surface area (Å²) in [6.45, 7) is 10.8. The molecule has 82 valence electrons. The third-order valence-corrected chi connectivity index (χ3v) is 2.92. The Morgan fingerprint density at radius 2 is 2.00 bits per heavy atom. The van der Waals surface area contributed by atoms with Crippen LogP contribution in [0.25, 0.3) is 5.57 Å². The molecule has 0 fully saturated rings. The van der Waals surface area contributed by atoms with Gasteiger partial charge < -0.3 is 0 Å². The van der Waals surface area contributed by atoms with Crippen molar-refractivity contribution < 1.29 is 0 Å². The maximum atomic E-state index is 4.20. The lowest BCUT2D eigenvalue weighted by Gasteiger charge is -2.10. The van der Waals surface area contributed by atoms with E-state index >= 15 is 0 Å². The number of hydrogen-bond donors (Lipinski definition) is 0. The lowest BCUT2D eigenvalue weighted by Crippen LogP contribution is -1.91. The predicted molar refractivity (Wildman–Crippen MR) is 69.1 cm³/mol. The average molecular weight is 202 g/mol. The van der Waals surface area contributed by atoms with Gasteiger partial charge in [0.1, 0.15) is 0 Å². The number of unbranched alkanes of at least 4 members (excludes halogenated alkanes) is 1. The van der Waals surface area contributed by atoms with E-state index in [4.69, 9.17) is 0 Å². The van der Waals surface area contributed by atoms with E-state index in [-0.39, 0.29) is 0 Å². The molecule has 1 aromatic carbocycles. The normalized spacial score (nSPS) is 10.3. The zero-order valence-electron chi connectivity index (χ0n) is 10.3. The zero-order chi connectivity index (χ0) is 11.3. The topological polar surface area (TPSA) is 0 Å². The molecule has 0 unspecified atom stereocenters. The standard InChI is InChI=1S/C15H22/c1-5-7-8-12(3)15-11-14(6-2)10-9-13(15)4/h9-11H,3,5-8H2,1-2,4H3. The highest BCUT2D eigenvalue weighted by Gasteiger charge is 2.03. The van der Waals surface area contributed by atoms with Gasteiger partial charge in [0.15, 0.2) is 0 Å². The second-order valence-electron chi connectivity index (χ2n) is 4.21. The lowest BCUT2D eigenvalue weighted by atomic mass is 9.95. The molecule has 0 spiro atoms. The minimum absolute atomic E-state index is 1.11. The molecule has 0 amide bonds. The van der Waals surface area contributed by atoms with Crippen molar-refractivity contribution in [2.75, 3.05) is 0 Å². The average Bonchev–Trinajstić information content (AvgIpc) is 2.26. The molecule has 0 aromatic heterocycles. The highest BCUT2D eigenvalue weighted by Crippen LogP contribution is 2.23. The van der Waals surface area contributed by atoms with Gasteiger partial charge in [-0.3, -0.25) is 0 Å². The van der Waals surface area contributed by atoms with Crippen LogP contribution >= 0.6 is 0 Å². The molecule has 15 heavy (non-hydrogen) atoms. The van der Waals surface area contributed by atoms with Gasteiger partial charge in [0.05, 0.1) is 0 Å². The van der Waals surface area contributed by atoms with Crippen LogP contribution in [0.2, 0.25) is 0 Å². The molecule has 0 radical (unpaired) electrons. The first kappa shape index (κ1) is 12.0. The van der Waals surface area contributed by atoms with Crippen molar-refractivity contribution in [2.45, 2.75) is 46.5 Å². The van der Waals surface area contributed by atoms with E-state index in [1.54, 1.807) is 0 Å². The van der Waals surface area contributed by atoms with E-state index in [0.29, 0.717) is 0 Å². The van der Waals surface area contributed by atoms with Crippen LogP contribution < -0.4 is 0 Å². The van der Waals surface area contributed by atoms with Crippen LogP contribution in [0.4, 0.5) is 0 Å². The number of allylic oxidation sites excluding steroid dienone is 1. The van der Waals surface area contributed by atoms with Gasteiger partial charge in [-0.05, 0) is 48.4 Å². The Morgan fingerprint density at radius 1 is 1.27 bits per heavy atom. The van der Waals surface area contributed by atoms with Crippen molar-refractivity contribution in [2.24, 2.45) is 0 Å². The molecule has 0 saturated carbocycles. The summed E-state index contributed by atoms with van der Waals surface area (Å²) in [7, 11) is 0. The number of benzene rings is 1. The number of rotatable bonds is 5. The third-order valence-electron chi connectivity index (χ3n) is 2.92. The molecule has 0 aliphatic rings. The summed E-state index contributed by atoms with van der Waals surface area (Å²) in [5, 5.41) is 0. The van der Waals surface area contributed by atoms with Crippen LogP contribution in [-0.4, -0.2) is 0 Å². The first-order valence-corrected chi connectivity index (χ1v) is 5.96. The fraction of sp³-hybridized carbons (Fsp3) is 0.467. The van der Waals surface area contributed by atoms with E-state index in [9.17, 15) is 0 Å². The molecule has 1 aromatic rings. The Kier molecular flexibility index (Phi) is 4.61. The van der Waals surface area contributed by atoms with Gasteiger partial charge in [0.25, 0.3) is 0 Å². The Hall–Kier alpha value is -1.04. The van der Waals surface area contributed by atoms with Gasteiger partial charge in [0.2, 0.25) is 0 Å². The SMILES string of the molecule is C=C(CCCC)c1cc(CC)ccc1C. The molecule has 0 saturated heterocycles. The van der Waals surface area contributed by atoms with Gasteiger partial charge in [-0.15, -0.1) is 0 Å². The van der Waals surface area contributed by atoms with Crippen molar-refractivity contribution in [3.05, 3.63) is 41.5 Å². The molecular formula is C15H22. The van der Waals surface area contributed by atoms with Crippen molar-refractivity contribution in [3.63, 3.8) is 0 Å². The van der Waals surface area contributed by atoms with E-state index in [0.717, 1.165) is 12.8 Å². The van der Waals surface area contributed by atoms with Crippen molar-refractivity contribution in [1.29, 1.82) is 0 Å². The summed E-state index contributed by atoms with van der Waals surface area (Å²) in [6.07, 6.45) is 4.72. The molecule has 0 nitrogen and oxygen atoms in total. The molecule has 0 aliphatic carbocycles. The van der Waals surface area contributed by atoms with Crippen LogP contribution in [0.3, 0.4) is 0 Å². The molecule has 1 rings (SSSR count). The first-order chi connectivity index (χ1) is 7.19. The molecule has 0 aliphatic heterocycles. The highest BCUT2D eigenvalue weighted by molar-refractivity contribution is 5.66. The molecule has 0 heteroatoms. The van der Waals surface area contributed by atoms with Crippen LogP contribution in [-0.2, 0) is 6.42 Å². The van der Waals surface area contributed by atoms with E-state index in [2.05, 4.69) is 45.5 Å². The summed E-state index contributed by atoms with van der Waals surface area (Å²) in [5.41, 5.74) is 5.43. The van der Waals surface area contributed by atoms with E-state index < -0.39 is 0 Å². The number of hydrogen-bond acceptors (Lipinski definition) is 0. The van der Waals surface area contributed by atoms with Crippen LogP contribution in [0.1, 0.15) is 49.8 Å². The van der Waals surface area contributed by atoms with Crippen molar-refractivity contribution >= 4 is 5.57 Å². The fourth-order valence-corrected chi connectivity index (χ4v) is 1.79. The summed E-state index contributed by atoms with van der Waals surface area (Å²) in [6, 6.07) is 6.73. The smallest absolute Gasteiger partial charge is 0.0198 e. The Labute approximate surface area is 94.0 Å². The molecule has 0 bridgehead atoms. The lowest BCUT2D eigenvalue weighted by molar-refractivity contribution is 0.824. The van der Waals surface area contributed by atoms with E-state index in [1.807, 2.05) is 0 Å². The summed E-state index contributed by atoms with van der Waals surface area (Å²) in [4.78, 5) is 0. The molecule has 0 atom stereocenters. The Bertz CT molecular complexity index is 334. The Morgan fingerprint density at radius 3 is 2.60 bits per heavy atom. The number of aryl methyl sites for hydroxylation is 2. The van der Waals surface area contributed by atoms with Crippen LogP contribution in [0.15, 0.2) is 24.8 Å². The minimum Gasteiger partial charge on any atom is -0.0952 e.